The summed E-state index contributed by atoms with van der Waals surface area (Å²) < 4.78 is 0. The summed E-state index contributed by atoms with van der Waals surface area (Å²) >= 11 is 0. The zero-order valence-electron chi connectivity index (χ0n) is 25.5. The number of benzene rings is 4. The van der Waals surface area contributed by atoms with Gasteiger partial charge in [0.25, 0.3) is 0 Å². The number of aliphatic hydroxyl groups excluding tert-OH is 2. The molecule has 45 heavy (non-hydrogen) atoms. The predicted molar refractivity (Wildman–Crippen MR) is 175 cm³/mol. The maximum absolute atomic E-state index is 13.8. The van der Waals surface area contributed by atoms with Gasteiger partial charge in [0.15, 0.2) is 0 Å². The third-order valence-corrected chi connectivity index (χ3v) is 9.43. The van der Waals surface area contributed by atoms with E-state index in [1.165, 1.54) is 0 Å². The number of carbonyl (C=O) groups excluding carboxylic acids is 2. The zero-order valence-corrected chi connectivity index (χ0v) is 25.5. The highest BCUT2D eigenvalue weighted by atomic mass is 16.3. The lowest BCUT2D eigenvalue weighted by Gasteiger charge is -2.29. The van der Waals surface area contributed by atoms with Gasteiger partial charge in [0.2, 0.25) is 11.8 Å². The lowest BCUT2D eigenvalue weighted by atomic mass is 9.91. The molecule has 0 radical (unpaired) electrons. The topological polar surface area (TPSA) is 89.9 Å². The highest BCUT2D eigenvalue weighted by Gasteiger charge is 2.41. The van der Waals surface area contributed by atoms with Crippen molar-refractivity contribution in [1.29, 1.82) is 0 Å². The van der Waals surface area contributed by atoms with Crippen LogP contribution in [0.4, 0.5) is 0 Å². The average molecular weight is 603 g/mol. The zero-order chi connectivity index (χ0) is 31.2. The van der Waals surface area contributed by atoms with E-state index in [2.05, 4.69) is 29.6 Å². The van der Waals surface area contributed by atoms with Gasteiger partial charge in [-0.2, -0.15) is 0 Å². The smallest absolute Gasteiger partial charge is 0.226 e. The Hall–Kier alpha value is -4.26. The Labute approximate surface area is 265 Å². The summed E-state index contributed by atoms with van der Waals surface area (Å²) in [4.78, 5) is 29.6. The van der Waals surface area contributed by atoms with Crippen molar-refractivity contribution in [2.75, 3.05) is 6.54 Å². The quantitative estimate of drug-likeness (QED) is 0.211. The fourth-order valence-corrected chi connectivity index (χ4v) is 7.19. The van der Waals surface area contributed by atoms with Crippen molar-refractivity contribution in [3.05, 3.63) is 143 Å². The molecule has 1 fully saturated rings. The standard InChI is InChI=1S/C39H42N2O4/c42-34(26-41-33(22-29-16-8-3-9-17-29)23-32(39(41)45)21-28-14-6-2-7-15-28)24-31(20-27-12-4-1-5-13-27)38(44)40-37-35-19-11-10-18-30(35)25-36(37)43/h1-19,31-34,36-37,42-43H,20-26H2,(H,40,44)/t31?,32?,33?,34?,36-,37+/m1/s1. The minimum absolute atomic E-state index is 0.0326. The first-order chi connectivity index (χ1) is 21.9. The second-order valence-electron chi connectivity index (χ2n) is 12.7. The van der Waals surface area contributed by atoms with Crippen LogP contribution in [0.3, 0.4) is 0 Å². The number of likely N-dealkylation sites (tertiary alicyclic amines) is 1. The third kappa shape index (κ3) is 7.52. The lowest BCUT2D eigenvalue weighted by molar-refractivity contribution is -0.133. The molecule has 232 valence electrons. The lowest BCUT2D eigenvalue weighted by Crippen LogP contribution is -2.43. The largest absolute Gasteiger partial charge is 0.391 e. The van der Waals surface area contributed by atoms with Crippen LogP contribution in [-0.4, -0.2) is 51.7 Å². The molecule has 4 unspecified atom stereocenters. The Kier molecular flexibility index (Phi) is 9.72. The monoisotopic (exact) mass is 602 g/mol. The first-order valence-corrected chi connectivity index (χ1v) is 16.1. The van der Waals surface area contributed by atoms with E-state index in [4.69, 9.17) is 0 Å². The highest BCUT2D eigenvalue weighted by molar-refractivity contribution is 5.82. The molecule has 0 spiro atoms. The molecule has 6 heteroatoms. The highest BCUT2D eigenvalue weighted by Crippen LogP contribution is 2.33. The summed E-state index contributed by atoms with van der Waals surface area (Å²) in [6, 6.07) is 37.4. The van der Waals surface area contributed by atoms with Crippen LogP contribution >= 0.6 is 0 Å². The molecule has 1 heterocycles. The van der Waals surface area contributed by atoms with Gasteiger partial charge in [-0.05, 0) is 59.9 Å². The Morgan fingerprint density at radius 3 is 2.04 bits per heavy atom. The number of hydrogen-bond acceptors (Lipinski definition) is 4. The number of carbonyl (C=O) groups is 2. The van der Waals surface area contributed by atoms with E-state index in [1.807, 2.05) is 95.9 Å². The molecule has 6 atom stereocenters. The molecule has 3 N–H and O–H groups in total. The number of β-amino-alcohol motifs (C(OH)–C–C–N with tert-alkyl or cyclic N) is 1. The number of nitrogens with zero attached hydrogens (tertiary/aromatic N) is 1. The van der Waals surface area contributed by atoms with E-state index in [-0.39, 0.29) is 36.7 Å². The summed E-state index contributed by atoms with van der Waals surface area (Å²) in [5, 5.41) is 25.4. The van der Waals surface area contributed by atoms with E-state index >= 15 is 0 Å². The molecule has 1 aliphatic carbocycles. The number of rotatable bonds is 12. The molecule has 1 aliphatic heterocycles. The molecule has 6 nitrogen and oxygen atoms in total. The van der Waals surface area contributed by atoms with Crippen molar-refractivity contribution in [1.82, 2.24) is 10.2 Å². The summed E-state index contributed by atoms with van der Waals surface area (Å²) in [6.07, 6.45) is 1.68. The number of amides is 2. The fraction of sp³-hybridized carbons (Fsp3) is 0.333. The van der Waals surface area contributed by atoms with Crippen molar-refractivity contribution in [3.63, 3.8) is 0 Å². The van der Waals surface area contributed by atoms with Crippen LogP contribution in [0.5, 0.6) is 0 Å². The third-order valence-electron chi connectivity index (χ3n) is 9.43. The van der Waals surface area contributed by atoms with Crippen molar-refractivity contribution < 1.29 is 19.8 Å². The summed E-state index contributed by atoms with van der Waals surface area (Å²) in [7, 11) is 0. The van der Waals surface area contributed by atoms with Gasteiger partial charge in [-0.25, -0.2) is 0 Å². The van der Waals surface area contributed by atoms with Crippen LogP contribution in [-0.2, 0) is 35.3 Å². The molecule has 6 rings (SSSR count). The van der Waals surface area contributed by atoms with Crippen LogP contribution in [0.15, 0.2) is 115 Å². The number of fused-ring (bicyclic) bond motifs is 1. The number of nitrogens with one attached hydrogen (secondary N) is 1. The first kappa shape index (κ1) is 30.8. The second kappa shape index (κ2) is 14.2. The molecule has 0 saturated carbocycles. The molecule has 4 aromatic rings. The van der Waals surface area contributed by atoms with Crippen LogP contribution in [0.25, 0.3) is 0 Å². The minimum atomic E-state index is -0.886. The average Bonchev–Trinajstić information content (AvgIpc) is 3.52. The molecular formula is C39H42N2O4. The van der Waals surface area contributed by atoms with Gasteiger partial charge in [-0.15, -0.1) is 0 Å². The fourth-order valence-electron chi connectivity index (χ4n) is 7.19. The van der Waals surface area contributed by atoms with Crippen molar-refractivity contribution in [3.8, 4) is 0 Å². The van der Waals surface area contributed by atoms with Gasteiger partial charge in [0.1, 0.15) is 0 Å². The number of hydrogen-bond donors (Lipinski definition) is 3. The van der Waals surface area contributed by atoms with Crippen molar-refractivity contribution in [2.24, 2.45) is 11.8 Å². The summed E-state index contributed by atoms with van der Waals surface area (Å²) in [6.45, 7) is 0.176. The van der Waals surface area contributed by atoms with Crippen LogP contribution in [0, 0.1) is 11.8 Å². The minimum Gasteiger partial charge on any atom is -0.391 e. The molecule has 2 aliphatic rings. The molecule has 1 saturated heterocycles. The van der Waals surface area contributed by atoms with Gasteiger partial charge >= 0.3 is 0 Å². The van der Waals surface area contributed by atoms with E-state index in [0.717, 1.165) is 40.7 Å². The predicted octanol–water partition coefficient (Wildman–Crippen LogP) is 5.07. The van der Waals surface area contributed by atoms with E-state index < -0.39 is 24.2 Å². The SMILES string of the molecule is O=C(N[C@H]1c2ccccc2C[C@H]1O)C(Cc1ccccc1)CC(O)CN1C(=O)C(Cc2ccccc2)CC1Cc1ccccc1. The van der Waals surface area contributed by atoms with Crippen LogP contribution in [0.2, 0.25) is 0 Å². The number of aliphatic hydroxyl groups is 2. The van der Waals surface area contributed by atoms with Gasteiger partial charge in [0, 0.05) is 30.8 Å². The molecule has 4 aromatic carbocycles. The Balaban J connectivity index is 1.18. The Morgan fingerprint density at radius 2 is 1.38 bits per heavy atom. The Morgan fingerprint density at radius 1 is 0.800 bits per heavy atom. The van der Waals surface area contributed by atoms with E-state index in [1.54, 1.807) is 0 Å². The van der Waals surface area contributed by atoms with Gasteiger partial charge in [0.05, 0.1) is 18.2 Å². The van der Waals surface area contributed by atoms with Gasteiger partial charge < -0.3 is 20.4 Å². The van der Waals surface area contributed by atoms with Crippen molar-refractivity contribution in [2.45, 2.75) is 62.8 Å². The normalized spacial score (nSPS) is 22.2. The van der Waals surface area contributed by atoms with E-state index in [9.17, 15) is 19.8 Å². The maximum Gasteiger partial charge on any atom is 0.226 e. The van der Waals surface area contributed by atoms with Crippen LogP contribution in [0.1, 0.15) is 46.7 Å². The summed E-state index contributed by atoms with van der Waals surface area (Å²) in [5.74, 6) is -0.823. The van der Waals surface area contributed by atoms with Gasteiger partial charge in [-0.3, -0.25) is 9.59 Å². The van der Waals surface area contributed by atoms with Crippen LogP contribution < -0.4 is 5.32 Å². The Bertz CT molecular complexity index is 1560. The summed E-state index contributed by atoms with van der Waals surface area (Å²) in [5.41, 5.74) is 5.27. The van der Waals surface area contributed by atoms with Gasteiger partial charge in [-0.1, -0.05) is 115 Å². The second-order valence-corrected chi connectivity index (χ2v) is 12.7. The van der Waals surface area contributed by atoms with E-state index in [0.29, 0.717) is 19.3 Å². The molecule has 2 amide bonds. The maximum atomic E-state index is 13.8. The molecule has 0 aromatic heterocycles. The first-order valence-electron chi connectivity index (χ1n) is 16.1. The molecular weight excluding hydrogens is 560 g/mol. The molecule has 0 bridgehead atoms. The van der Waals surface area contributed by atoms with Crippen molar-refractivity contribution >= 4 is 11.8 Å².